The Labute approximate surface area is 195 Å². The van der Waals surface area contributed by atoms with Gasteiger partial charge in [0.1, 0.15) is 5.75 Å². The number of pyridine rings is 1. The Morgan fingerprint density at radius 1 is 0.909 bits per heavy atom. The van der Waals surface area contributed by atoms with Crippen LogP contribution in [0.4, 0.5) is 0 Å². The first-order chi connectivity index (χ1) is 16.2. The first kappa shape index (κ1) is 21.1. The van der Waals surface area contributed by atoms with E-state index in [-0.39, 0.29) is 0 Å². The smallest absolute Gasteiger partial charge is 0.196 e. The second kappa shape index (κ2) is 9.38. The summed E-state index contributed by atoms with van der Waals surface area (Å²) in [6, 6.07) is 19.7. The lowest BCUT2D eigenvalue weighted by molar-refractivity contribution is 0.340. The van der Waals surface area contributed by atoms with Crippen LogP contribution >= 0.6 is 11.8 Å². The van der Waals surface area contributed by atoms with Gasteiger partial charge in [0.25, 0.3) is 0 Å². The summed E-state index contributed by atoms with van der Waals surface area (Å²) in [4.78, 5) is 13.8. The zero-order valence-electron chi connectivity index (χ0n) is 18.3. The fourth-order valence-electron chi connectivity index (χ4n) is 3.53. The Morgan fingerprint density at radius 3 is 2.42 bits per heavy atom. The SMILES string of the molecule is CCOc1ccc(-n2c(SCc3nc4ccccc4nc3C)nnc2-c2cccnc2)cc1. The predicted molar refractivity (Wildman–Crippen MR) is 130 cm³/mol. The summed E-state index contributed by atoms with van der Waals surface area (Å²) in [6.07, 6.45) is 3.54. The van der Waals surface area contributed by atoms with Gasteiger partial charge in [0, 0.05) is 29.4 Å². The summed E-state index contributed by atoms with van der Waals surface area (Å²) < 4.78 is 7.65. The molecule has 0 N–H and O–H groups in total. The molecule has 0 saturated carbocycles. The Morgan fingerprint density at radius 2 is 1.70 bits per heavy atom. The zero-order valence-corrected chi connectivity index (χ0v) is 19.2. The second-order valence-electron chi connectivity index (χ2n) is 7.34. The molecule has 0 aliphatic rings. The molecule has 0 saturated heterocycles. The van der Waals surface area contributed by atoms with Gasteiger partial charge in [-0.2, -0.15) is 0 Å². The highest BCUT2D eigenvalue weighted by atomic mass is 32.2. The minimum absolute atomic E-state index is 0.625. The Balaban J connectivity index is 1.51. The third kappa shape index (κ3) is 4.42. The molecule has 0 aliphatic carbocycles. The molecule has 0 amide bonds. The molecule has 5 aromatic rings. The van der Waals surface area contributed by atoms with Crippen LogP contribution in [0, 0.1) is 6.92 Å². The molecule has 8 heteroatoms. The number of ether oxygens (including phenoxy) is 1. The molecule has 0 unspecified atom stereocenters. The van der Waals surface area contributed by atoms with Crippen molar-refractivity contribution in [2.75, 3.05) is 6.61 Å². The van der Waals surface area contributed by atoms with E-state index in [0.29, 0.717) is 12.4 Å². The Kier molecular flexibility index (Phi) is 5.99. The highest BCUT2D eigenvalue weighted by Gasteiger charge is 2.17. The highest BCUT2D eigenvalue weighted by Crippen LogP contribution is 2.30. The third-order valence-electron chi connectivity index (χ3n) is 5.14. The van der Waals surface area contributed by atoms with E-state index in [0.717, 1.165) is 50.4 Å². The van der Waals surface area contributed by atoms with Crippen molar-refractivity contribution >= 4 is 22.8 Å². The average molecular weight is 455 g/mol. The molecule has 0 aliphatic heterocycles. The van der Waals surface area contributed by atoms with Crippen molar-refractivity contribution in [1.29, 1.82) is 0 Å². The lowest BCUT2D eigenvalue weighted by Gasteiger charge is -2.12. The number of benzene rings is 2. The van der Waals surface area contributed by atoms with Crippen LogP contribution < -0.4 is 4.74 Å². The number of hydrogen-bond acceptors (Lipinski definition) is 7. The van der Waals surface area contributed by atoms with Crippen molar-refractivity contribution in [2.24, 2.45) is 0 Å². The molecule has 3 heterocycles. The molecule has 164 valence electrons. The maximum atomic E-state index is 5.61. The monoisotopic (exact) mass is 454 g/mol. The van der Waals surface area contributed by atoms with Crippen LogP contribution in [-0.4, -0.2) is 36.3 Å². The Bertz CT molecular complexity index is 1390. The normalized spacial score (nSPS) is 11.1. The maximum Gasteiger partial charge on any atom is 0.196 e. The summed E-state index contributed by atoms with van der Waals surface area (Å²) in [5.74, 6) is 2.19. The van der Waals surface area contributed by atoms with Crippen molar-refractivity contribution in [3.63, 3.8) is 0 Å². The number of aromatic nitrogens is 6. The van der Waals surface area contributed by atoms with Crippen molar-refractivity contribution in [3.05, 3.63) is 84.4 Å². The van der Waals surface area contributed by atoms with Crippen LogP contribution in [0.5, 0.6) is 5.75 Å². The molecule has 33 heavy (non-hydrogen) atoms. The quantitative estimate of drug-likeness (QED) is 0.310. The van der Waals surface area contributed by atoms with Gasteiger partial charge in [-0.3, -0.25) is 9.55 Å². The van der Waals surface area contributed by atoms with Crippen LogP contribution in [-0.2, 0) is 5.75 Å². The summed E-state index contributed by atoms with van der Waals surface area (Å²) >= 11 is 1.58. The Hall–Kier alpha value is -3.78. The molecule has 2 aromatic carbocycles. The number of rotatable bonds is 7. The molecule has 0 bridgehead atoms. The minimum Gasteiger partial charge on any atom is -0.494 e. The molecular formula is C25H22N6OS. The van der Waals surface area contributed by atoms with Gasteiger partial charge in [-0.05, 0) is 62.4 Å². The summed E-state index contributed by atoms with van der Waals surface area (Å²) in [5, 5.41) is 9.77. The van der Waals surface area contributed by atoms with Gasteiger partial charge < -0.3 is 4.74 Å². The van der Waals surface area contributed by atoms with Crippen LogP contribution in [0.1, 0.15) is 18.3 Å². The first-order valence-electron chi connectivity index (χ1n) is 10.7. The molecule has 0 atom stereocenters. The number of nitrogens with zero attached hydrogens (tertiary/aromatic N) is 6. The lowest BCUT2D eigenvalue weighted by Crippen LogP contribution is -2.02. The summed E-state index contributed by atoms with van der Waals surface area (Å²) in [6.45, 7) is 4.59. The van der Waals surface area contributed by atoms with Crippen LogP contribution in [0.2, 0.25) is 0 Å². The zero-order chi connectivity index (χ0) is 22.6. The van der Waals surface area contributed by atoms with Gasteiger partial charge in [0.2, 0.25) is 0 Å². The average Bonchev–Trinajstić information content (AvgIpc) is 3.28. The standard InChI is InChI=1S/C25H22N6OS/c1-3-32-20-12-10-19(11-13-20)31-24(18-7-6-14-26-15-18)29-30-25(31)33-16-23-17(2)27-21-8-4-5-9-22(21)28-23/h4-15H,3,16H2,1-2H3. The lowest BCUT2D eigenvalue weighted by atomic mass is 10.2. The number of thioether (sulfide) groups is 1. The topological polar surface area (TPSA) is 78.6 Å². The minimum atomic E-state index is 0.625. The van der Waals surface area contributed by atoms with E-state index in [1.54, 1.807) is 24.2 Å². The fourth-order valence-corrected chi connectivity index (χ4v) is 4.49. The van der Waals surface area contributed by atoms with E-state index in [2.05, 4.69) is 15.2 Å². The summed E-state index contributed by atoms with van der Waals surface area (Å²) in [7, 11) is 0. The fraction of sp³-hybridized carbons (Fsp3) is 0.160. The van der Waals surface area contributed by atoms with Gasteiger partial charge in [0.15, 0.2) is 11.0 Å². The van der Waals surface area contributed by atoms with E-state index in [1.807, 2.05) is 79.1 Å². The van der Waals surface area contributed by atoms with Gasteiger partial charge in [-0.15, -0.1) is 10.2 Å². The summed E-state index contributed by atoms with van der Waals surface area (Å²) in [5.41, 5.74) is 5.49. The van der Waals surface area contributed by atoms with Crippen LogP contribution in [0.25, 0.3) is 28.1 Å². The van der Waals surface area contributed by atoms with Crippen molar-refractivity contribution in [3.8, 4) is 22.8 Å². The largest absolute Gasteiger partial charge is 0.494 e. The third-order valence-corrected chi connectivity index (χ3v) is 6.08. The van der Waals surface area contributed by atoms with Crippen LogP contribution in [0.3, 0.4) is 0 Å². The second-order valence-corrected chi connectivity index (χ2v) is 8.29. The molecule has 0 fully saturated rings. The van der Waals surface area contributed by atoms with Crippen molar-refractivity contribution in [2.45, 2.75) is 24.8 Å². The van der Waals surface area contributed by atoms with Crippen molar-refractivity contribution in [1.82, 2.24) is 29.7 Å². The van der Waals surface area contributed by atoms with Gasteiger partial charge in [-0.25, -0.2) is 9.97 Å². The van der Waals surface area contributed by atoms with E-state index < -0.39 is 0 Å². The van der Waals surface area contributed by atoms with Gasteiger partial charge in [0.05, 0.1) is 29.0 Å². The van der Waals surface area contributed by atoms with Crippen LogP contribution in [0.15, 0.2) is 78.2 Å². The molecule has 0 radical (unpaired) electrons. The highest BCUT2D eigenvalue weighted by molar-refractivity contribution is 7.98. The van der Waals surface area contributed by atoms with E-state index in [1.165, 1.54) is 0 Å². The predicted octanol–water partition coefficient (Wildman–Crippen LogP) is 5.27. The molecule has 0 spiro atoms. The molecule has 7 nitrogen and oxygen atoms in total. The molecular weight excluding hydrogens is 432 g/mol. The number of fused-ring (bicyclic) bond motifs is 1. The molecule has 3 aromatic heterocycles. The van der Waals surface area contributed by atoms with E-state index >= 15 is 0 Å². The first-order valence-corrected chi connectivity index (χ1v) is 11.7. The maximum absolute atomic E-state index is 5.61. The van der Waals surface area contributed by atoms with E-state index in [4.69, 9.17) is 14.7 Å². The van der Waals surface area contributed by atoms with Crippen molar-refractivity contribution < 1.29 is 4.74 Å². The molecule has 5 rings (SSSR count). The number of aryl methyl sites for hydroxylation is 1. The van der Waals surface area contributed by atoms with Gasteiger partial charge >= 0.3 is 0 Å². The van der Waals surface area contributed by atoms with Gasteiger partial charge in [-0.1, -0.05) is 23.9 Å². The number of hydrogen-bond donors (Lipinski definition) is 0. The van der Waals surface area contributed by atoms with E-state index in [9.17, 15) is 0 Å². The number of para-hydroxylation sites is 2.